The molecule has 0 fully saturated rings. The molecule has 94 valence electrons. The van der Waals surface area contributed by atoms with Gasteiger partial charge in [-0.1, -0.05) is 0 Å². The number of aromatic nitrogens is 1. The maximum atomic E-state index is 11.7. The van der Waals surface area contributed by atoms with Crippen LogP contribution in [0.2, 0.25) is 0 Å². The summed E-state index contributed by atoms with van der Waals surface area (Å²) in [6, 6.07) is 4.20. The summed E-state index contributed by atoms with van der Waals surface area (Å²) in [5, 5.41) is 9.73. The average Bonchev–Trinajstić information content (AvgIpc) is 2.76. The van der Waals surface area contributed by atoms with E-state index in [0.717, 1.165) is 0 Å². The minimum absolute atomic E-state index is 0.0178. The Labute approximate surface area is 102 Å². The van der Waals surface area contributed by atoms with Crippen LogP contribution in [-0.2, 0) is 4.74 Å². The highest BCUT2D eigenvalue weighted by molar-refractivity contribution is 5.87. The highest BCUT2D eigenvalue weighted by Gasteiger charge is 2.17. The van der Waals surface area contributed by atoms with Crippen LogP contribution in [0.4, 0.5) is 0 Å². The Morgan fingerprint density at radius 2 is 2.17 bits per heavy atom. The van der Waals surface area contributed by atoms with Gasteiger partial charge >= 0.3 is 5.97 Å². The van der Waals surface area contributed by atoms with Crippen LogP contribution >= 0.6 is 0 Å². The van der Waals surface area contributed by atoms with Crippen molar-refractivity contribution in [2.75, 3.05) is 7.11 Å². The molecule has 2 heterocycles. The molecular formula is C12H11NO5. The Kier molecular flexibility index (Phi) is 2.93. The molecule has 0 aliphatic rings. The summed E-state index contributed by atoms with van der Waals surface area (Å²) in [7, 11) is 1.22. The molecule has 2 rings (SSSR count). The number of nitrogens with one attached hydrogen (secondary N) is 1. The third-order valence-corrected chi connectivity index (χ3v) is 2.39. The summed E-state index contributed by atoms with van der Waals surface area (Å²) in [6.07, 6.45) is 0. The van der Waals surface area contributed by atoms with Crippen LogP contribution in [0, 0.1) is 6.92 Å². The average molecular weight is 249 g/mol. The van der Waals surface area contributed by atoms with E-state index in [4.69, 9.17) is 4.42 Å². The normalized spacial score (nSPS) is 10.3. The molecule has 0 spiro atoms. The smallest absolute Gasteiger partial charge is 0.373 e. The first-order valence-electron chi connectivity index (χ1n) is 5.14. The number of aromatic hydroxyl groups is 1. The molecule has 0 saturated heterocycles. The third kappa shape index (κ3) is 2.00. The Balaban J connectivity index is 2.53. The number of pyridine rings is 1. The van der Waals surface area contributed by atoms with Crippen LogP contribution in [-0.4, -0.2) is 23.2 Å². The van der Waals surface area contributed by atoms with Crippen molar-refractivity contribution in [3.8, 4) is 17.1 Å². The highest BCUT2D eigenvalue weighted by Crippen LogP contribution is 2.27. The Morgan fingerprint density at radius 3 is 2.78 bits per heavy atom. The van der Waals surface area contributed by atoms with E-state index >= 15 is 0 Å². The van der Waals surface area contributed by atoms with E-state index in [1.54, 1.807) is 6.92 Å². The summed E-state index contributed by atoms with van der Waals surface area (Å²) < 4.78 is 9.65. The van der Waals surface area contributed by atoms with Crippen molar-refractivity contribution in [1.82, 2.24) is 4.98 Å². The lowest BCUT2D eigenvalue weighted by Gasteiger charge is -2.01. The van der Waals surface area contributed by atoms with E-state index in [-0.39, 0.29) is 22.8 Å². The minimum atomic E-state index is -0.649. The second-order valence-electron chi connectivity index (χ2n) is 3.70. The van der Waals surface area contributed by atoms with Crippen molar-refractivity contribution < 1.29 is 19.1 Å². The Morgan fingerprint density at radius 1 is 1.44 bits per heavy atom. The lowest BCUT2D eigenvalue weighted by atomic mass is 10.2. The fraction of sp³-hybridized carbons (Fsp3) is 0.167. The van der Waals surface area contributed by atoms with E-state index in [0.29, 0.717) is 5.69 Å². The highest BCUT2D eigenvalue weighted by atomic mass is 16.5. The fourth-order valence-electron chi connectivity index (χ4n) is 1.59. The zero-order chi connectivity index (χ0) is 13.3. The van der Waals surface area contributed by atoms with E-state index < -0.39 is 11.5 Å². The molecule has 0 unspecified atom stereocenters. The molecule has 2 aromatic heterocycles. The number of methoxy groups -OCH3 is 1. The Hall–Kier alpha value is -2.50. The largest absolute Gasteiger partial charge is 0.507 e. The number of hydrogen-bond donors (Lipinski definition) is 2. The van der Waals surface area contributed by atoms with Gasteiger partial charge < -0.3 is 19.2 Å². The number of ether oxygens (including phenoxy) is 1. The van der Waals surface area contributed by atoms with Crippen LogP contribution in [0.3, 0.4) is 0 Å². The SMILES string of the molecule is COC(=O)c1ccc(-c2c(O)cc(C)[nH]c2=O)o1. The van der Waals surface area contributed by atoms with Gasteiger partial charge in [0.15, 0.2) is 0 Å². The molecule has 0 saturated carbocycles. The predicted molar refractivity (Wildman–Crippen MR) is 62.5 cm³/mol. The van der Waals surface area contributed by atoms with Crippen molar-refractivity contribution in [1.29, 1.82) is 0 Å². The summed E-state index contributed by atoms with van der Waals surface area (Å²) in [5.41, 5.74) is 0.0232. The van der Waals surface area contributed by atoms with Crippen molar-refractivity contribution in [2.24, 2.45) is 0 Å². The molecule has 2 aromatic rings. The van der Waals surface area contributed by atoms with Gasteiger partial charge in [0.2, 0.25) is 5.76 Å². The van der Waals surface area contributed by atoms with Crippen LogP contribution < -0.4 is 5.56 Å². The quantitative estimate of drug-likeness (QED) is 0.785. The molecular weight excluding hydrogens is 238 g/mol. The van der Waals surface area contributed by atoms with Gasteiger partial charge in [-0.3, -0.25) is 4.79 Å². The molecule has 0 aliphatic heterocycles. The van der Waals surface area contributed by atoms with Crippen LogP contribution in [0.25, 0.3) is 11.3 Å². The topological polar surface area (TPSA) is 92.5 Å². The molecule has 0 bridgehead atoms. The lowest BCUT2D eigenvalue weighted by molar-refractivity contribution is 0.0566. The molecule has 0 radical (unpaired) electrons. The van der Waals surface area contributed by atoms with Crippen LogP contribution in [0.5, 0.6) is 5.75 Å². The van der Waals surface area contributed by atoms with Gasteiger partial charge in [0, 0.05) is 5.69 Å². The van der Waals surface area contributed by atoms with Crippen LogP contribution in [0.1, 0.15) is 16.2 Å². The number of hydrogen-bond acceptors (Lipinski definition) is 5. The minimum Gasteiger partial charge on any atom is -0.507 e. The van der Waals surface area contributed by atoms with Crippen molar-refractivity contribution in [2.45, 2.75) is 6.92 Å². The number of furan rings is 1. The second-order valence-corrected chi connectivity index (χ2v) is 3.70. The molecule has 6 heteroatoms. The maximum Gasteiger partial charge on any atom is 0.373 e. The molecule has 0 aliphatic carbocycles. The number of H-pyrrole nitrogens is 1. The number of carbonyl (C=O) groups excluding carboxylic acids is 1. The number of rotatable bonds is 2. The summed E-state index contributed by atoms with van der Waals surface area (Å²) >= 11 is 0. The van der Waals surface area contributed by atoms with E-state index in [1.165, 1.54) is 25.3 Å². The molecule has 2 N–H and O–H groups in total. The van der Waals surface area contributed by atoms with Gasteiger partial charge in [0.25, 0.3) is 5.56 Å². The first-order chi connectivity index (χ1) is 8.52. The zero-order valence-corrected chi connectivity index (χ0v) is 9.81. The second kappa shape index (κ2) is 4.40. The number of aromatic amines is 1. The summed E-state index contributed by atoms with van der Waals surface area (Å²) in [4.78, 5) is 25.5. The van der Waals surface area contributed by atoms with Gasteiger partial charge in [-0.05, 0) is 25.1 Å². The first-order valence-corrected chi connectivity index (χ1v) is 5.14. The molecule has 0 atom stereocenters. The van der Waals surface area contributed by atoms with Gasteiger partial charge in [-0.2, -0.15) is 0 Å². The third-order valence-electron chi connectivity index (χ3n) is 2.39. The van der Waals surface area contributed by atoms with Gasteiger partial charge in [0.1, 0.15) is 17.1 Å². The van der Waals surface area contributed by atoms with Crippen molar-refractivity contribution in [3.63, 3.8) is 0 Å². The monoisotopic (exact) mass is 249 g/mol. The maximum absolute atomic E-state index is 11.7. The summed E-state index contributed by atoms with van der Waals surface area (Å²) in [6.45, 7) is 1.65. The number of aryl methyl sites for hydroxylation is 1. The molecule has 0 amide bonds. The molecule has 6 nitrogen and oxygen atoms in total. The fourth-order valence-corrected chi connectivity index (χ4v) is 1.59. The van der Waals surface area contributed by atoms with E-state index in [9.17, 15) is 14.7 Å². The van der Waals surface area contributed by atoms with E-state index in [1.807, 2.05) is 0 Å². The first kappa shape index (κ1) is 12.0. The lowest BCUT2D eigenvalue weighted by Crippen LogP contribution is -2.09. The van der Waals surface area contributed by atoms with Crippen LogP contribution in [0.15, 0.2) is 27.4 Å². The van der Waals surface area contributed by atoms with Crippen molar-refractivity contribution >= 4 is 5.97 Å². The van der Waals surface area contributed by atoms with Gasteiger partial charge in [-0.15, -0.1) is 0 Å². The molecule has 18 heavy (non-hydrogen) atoms. The molecule has 0 aromatic carbocycles. The number of esters is 1. The van der Waals surface area contributed by atoms with Gasteiger partial charge in [-0.25, -0.2) is 4.79 Å². The predicted octanol–water partition coefficient (Wildman–Crippen LogP) is 1.44. The van der Waals surface area contributed by atoms with Crippen molar-refractivity contribution in [3.05, 3.63) is 40.0 Å². The summed E-state index contributed by atoms with van der Waals surface area (Å²) in [5.74, 6) is -0.785. The van der Waals surface area contributed by atoms with Gasteiger partial charge in [0.05, 0.1) is 7.11 Å². The zero-order valence-electron chi connectivity index (χ0n) is 9.81. The number of carbonyl (C=O) groups is 1. The Bertz CT molecular complexity index is 653. The standard InChI is InChI=1S/C12H11NO5/c1-6-5-7(14)10(11(15)13-6)8-3-4-9(18-8)12(16)17-2/h3-5H,1-2H3,(H2,13,14,15). The van der Waals surface area contributed by atoms with E-state index in [2.05, 4.69) is 9.72 Å².